The van der Waals surface area contributed by atoms with E-state index >= 15 is 0 Å². The second kappa shape index (κ2) is 6.74. The van der Waals surface area contributed by atoms with Gasteiger partial charge in [0.2, 0.25) is 0 Å². The van der Waals surface area contributed by atoms with Crippen molar-refractivity contribution in [3.63, 3.8) is 0 Å². The molecule has 5 N–H and O–H groups in total. The van der Waals surface area contributed by atoms with Crippen molar-refractivity contribution in [2.75, 3.05) is 13.1 Å². The highest BCUT2D eigenvalue weighted by Crippen LogP contribution is 1.83. The monoisotopic (exact) mass is 143 g/mol. The van der Waals surface area contributed by atoms with Crippen LogP contribution in [0.4, 0.5) is 0 Å². The molecule has 0 aliphatic carbocycles. The van der Waals surface area contributed by atoms with Crippen LogP contribution < -0.4 is 16.8 Å². The van der Waals surface area contributed by atoms with Gasteiger partial charge in [0.25, 0.3) is 0 Å². The summed E-state index contributed by atoms with van der Waals surface area (Å²) < 4.78 is 0. The van der Waals surface area contributed by atoms with E-state index in [1.54, 1.807) is 6.08 Å². The van der Waals surface area contributed by atoms with E-state index in [2.05, 4.69) is 11.9 Å². The molecule has 0 rings (SSSR count). The summed E-state index contributed by atoms with van der Waals surface area (Å²) in [6, 6.07) is 0. The van der Waals surface area contributed by atoms with E-state index in [1.807, 2.05) is 0 Å². The number of rotatable bonds is 6. The summed E-state index contributed by atoms with van der Waals surface area (Å²) in [5, 5.41) is 3.11. The third-order valence-corrected chi connectivity index (χ3v) is 1.21. The van der Waals surface area contributed by atoms with Crippen LogP contribution in [0.25, 0.3) is 0 Å². The molecule has 0 spiro atoms. The highest BCUT2D eigenvalue weighted by atomic mass is 15.0. The predicted octanol–water partition coefficient (Wildman–Crippen LogP) is -0.214. The summed E-state index contributed by atoms with van der Waals surface area (Å²) in [5.41, 5.74) is 10.9. The lowest BCUT2D eigenvalue weighted by Crippen LogP contribution is -2.37. The molecule has 0 fully saturated rings. The summed E-state index contributed by atoms with van der Waals surface area (Å²) in [4.78, 5) is 0. The van der Waals surface area contributed by atoms with Gasteiger partial charge in [-0.3, -0.25) is 0 Å². The maximum atomic E-state index is 5.60. The Bertz CT molecular complexity index is 82.9. The Hall–Kier alpha value is -0.380. The van der Waals surface area contributed by atoms with Crippen molar-refractivity contribution in [3.8, 4) is 0 Å². The van der Waals surface area contributed by atoms with E-state index in [4.69, 9.17) is 11.5 Å². The van der Waals surface area contributed by atoms with E-state index in [1.165, 1.54) is 0 Å². The molecule has 0 aromatic rings. The lowest BCUT2D eigenvalue weighted by atomic mass is 10.3. The van der Waals surface area contributed by atoms with Crippen molar-refractivity contribution < 1.29 is 0 Å². The van der Waals surface area contributed by atoms with E-state index < -0.39 is 0 Å². The van der Waals surface area contributed by atoms with Gasteiger partial charge in [0.15, 0.2) is 0 Å². The zero-order chi connectivity index (χ0) is 7.82. The molecule has 0 aromatic heterocycles. The minimum absolute atomic E-state index is 0.0454. The van der Waals surface area contributed by atoms with Crippen LogP contribution in [-0.4, -0.2) is 19.3 Å². The van der Waals surface area contributed by atoms with Crippen molar-refractivity contribution in [1.82, 2.24) is 5.32 Å². The second-order valence-corrected chi connectivity index (χ2v) is 2.23. The van der Waals surface area contributed by atoms with Gasteiger partial charge in [-0.2, -0.15) is 0 Å². The van der Waals surface area contributed by atoms with Gasteiger partial charge in [-0.05, 0) is 25.9 Å². The number of hydrogen-bond donors (Lipinski definition) is 3. The topological polar surface area (TPSA) is 64.1 Å². The van der Waals surface area contributed by atoms with E-state index in [0.717, 1.165) is 19.4 Å². The normalized spacial score (nSPS) is 13.0. The maximum Gasteiger partial charge on any atom is 0.0581 e. The highest BCUT2D eigenvalue weighted by Gasteiger charge is 1.95. The molecule has 0 aromatic carbocycles. The Morgan fingerprint density at radius 3 is 2.80 bits per heavy atom. The minimum atomic E-state index is 0.0454. The van der Waals surface area contributed by atoms with Crippen LogP contribution >= 0.6 is 0 Å². The first-order valence-electron chi connectivity index (χ1n) is 3.61. The highest BCUT2D eigenvalue weighted by molar-refractivity contribution is 4.73. The van der Waals surface area contributed by atoms with Gasteiger partial charge in [-0.1, -0.05) is 6.08 Å². The summed E-state index contributed by atoms with van der Waals surface area (Å²) in [5.74, 6) is 0. The molecule has 3 heteroatoms. The molecular weight excluding hydrogens is 126 g/mol. The number of nitrogens with one attached hydrogen (secondary N) is 1. The average Bonchev–Trinajstić information content (AvgIpc) is 1.89. The first-order valence-corrected chi connectivity index (χ1v) is 3.61. The smallest absolute Gasteiger partial charge is 0.0581 e. The second-order valence-electron chi connectivity index (χ2n) is 2.23. The van der Waals surface area contributed by atoms with Crippen molar-refractivity contribution in [3.05, 3.63) is 12.7 Å². The molecule has 3 nitrogen and oxygen atoms in total. The molecule has 0 amide bonds. The van der Waals surface area contributed by atoms with Gasteiger partial charge >= 0.3 is 0 Å². The zero-order valence-corrected chi connectivity index (χ0v) is 6.34. The fraction of sp³-hybridized carbons (Fsp3) is 0.714. The van der Waals surface area contributed by atoms with Crippen LogP contribution in [0.2, 0.25) is 0 Å². The van der Waals surface area contributed by atoms with Crippen LogP contribution in [-0.2, 0) is 0 Å². The molecule has 1 unspecified atom stereocenters. The van der Waals surface area contributed by atoms with Gasteiger partial charge in [-0.25, -0.2) is 0 Å². The van der Waals surface area contributed by atoms with Gasteiger partial charge in [0, 0.05) is 0 Å². The Morgan fingerprint density at radius 1 is 1.60 bits per heavy atom. The quantitative estimate of drug-likeness (QED) is 0.274. The Morgan fingerprint density at radius 2 is 2.30 bits per heavy atom. The summed E-state index contributed by atoms with van der Waals surface area (Å²) in [6.45, 7) is 5.19. The largest absolute Gasteiger partial charge is 0.330 e. The number of hydrogen-bond acceptors (Lipinski definition) is 3. The van der Waals surface area contributed by atoms with Crippen LogP contribution in [0.1, 0.15) is 12.8 Å². The Labute approximate surface area is 62.5 Å². The maximum absolute atomic E-state index is 5.60. The third-order valence-electron chi connectivity index (χ3n) is 1.21. The average molecular weight is 143 g/mol. The van der Waals surface area contributed by atoms with Gasteiger partial charge < -0.3 is 16.8 Å². The third kappa shape index (κ3) is 5.75. The summed E-state index contributed by atoms with van der Waals surface area (Å²) in [7, 11) is 0. The molecule has 1 atom stereocenters. The zero-order valence-electron chi connectivity index (χ0n) is 6.34. The van der Waals surface area contributed by atoms with E-state index in [-0.39, 0.29) is 6.17 Å². The molecule has 0 saturated carbocycles. The molecule has 0 radical (unpaired) electrons. The molecule has 10 heavy (non-hydrogen) atoms. The molecule has 0 bridgehead atoms. The van der Waals surface area contributed by atoms with Crippen molar-refractivity contribution in [1.29, 1.82) is 0 Å². The summed E-state index contributed by atoms with van der Waals surface area (Å²) >= 11 is 0. The first kappa shape index (κ1) is 9.62. The predicted molar refractivity (Wildman–Crippen MR) is 44.5 cm³/mol. The van der Waals surface area contributed by atoms with Crippen molar-refractivity contribution in [2.24, 2.45) is 11.5 Å². The van der Waals surface area contributed by atoms with E-state index in [0.29, 0.717) is 6.54 Å². The van der Waals surface area contributed by atoms with Crippen molar-refractivity contribution >= 4 is 0 Å². The standard InChI is InChI=1S/C7H17N3/c1-2-4-7(9)10-6-3-5-8/h2,7,10H,1,3-6,8-9H2. The molecule has 0 aliphatic heterocycles. The molecule has 0 heterocycles. The van der Waals surface area contributed by atoms with Crippen LogP contribution in [0.15, 0.2) is 12.7 Å². The van der Waals surface area contributed by atoms with Gasteiger partial charge in [-0.15, -0.1) is 6.58 Å². The molecule has 0 saturated heterocycles. The van der Waals surface area contributed by atoms with Crippen LogP contribution in [0.5, 0.6) is 0 Å². The summed E-state index contributed by atoms with van der Waals surface area (Å²) in [6.07, 6.45) is 3.64. The van der Waals surface area contributed by atoms with Crippen LogP contribution in [0, 0.1) is 0 Å². The van der Waals surface area contributed by atoms with E-state index in [9.17, 15) is 0 Å². The molecule has 0 aliphatic rings. The van der Waals surface area contributed by atoms with Gasteiger partial charge in [0.05, 0.1) is 6.17 Å². The lowest BCUT2D eigenvalue weighted by molar-refractivity contribution is 0.525. The molecular formula is C7H17N3. The fourth-order valence-electron chi connectivity index (χ4n) is 0.652. The first-order chi connectivity index (χ1) is 4.81. The SMILES string of the molecule is C=CCC(N)NCCCN. The Balaban J connectivity index is 3.04. The minimum Gasteiger partial charge on any atom is -0.330 e. The fourth-order valence-corrected chi connectivity index (χ4v) is 0.652. The Kier molecular flexibility index (Phi) is 6.48. The van der Waals surface area contributed by atoms with Gasteiger partial charge in [0.1, 0.15) is 0 Å². The molecule has 60 valence electrons. The lowest BCUT2D eigenvalue weighted by Gasteiger charge is -2.09. The van der Waals surface area contributed by atoms with Crippen molar-refractivity contribution in [2.45, 2.75) is 19.0 Å². The van der Waals surface area contributed by atoms with Crippen LogP contribution in [0.3, 0.4) is 0 Å². The number of nitrogens with two attached hydrogens (primary N) is 2.